The zero-order valence-electron chi connectivity index (χ0n) is 11.5. The van der Waals surface area contributed by atoms with Gasteiger partial charge in [-0.2, -0.15) is 13.2 Å². The lowest BCUT2D eigenvalue weighted by Crippen LogP contribution is -2.23. The van der Waals surface area contributed by atoms with Gasteiger partial charge >= 0.3 is 6.18 Å². The van der Waals surface area contributed by atoms with Crippen LogP contribution in [0.3, 0.4) is 0 Å². The average Bonchev–Trinajstić information content (AvgIpc) is 2.80. The van der Waals surface area contributed by atoms with Gasteiger partial charge in [0.15, 0.2) is 5.69 Å². The molecule has 0 atom stereocenters. The van der Waals surface area contributed by atoms with Gasteiger partial charge in [-0.3, -0.25) is 0 Å². The van der Waals surface area contributed by atoms with Crippen LogP contribution in [-0.4, -0.2) is 11.0 Å². The first-order valence-electron chi connectivity index (χ1n) is 6.33. The molecular formula is C14H14ClF3N2S. The first-order valence-corrected chi connectivity index (χ1v) is 7.53. The standard InChI is InChI=1S/C14H14ClF3N2S/c1-8(2)19-7-11-12(14(16,17)18)20-13(21-11)9-4-3-5-10(15)6-9/h3-6,8,19H,7H2,1-2H3. The van der Waals surface area contributed by atoms with Gasteiger partial charge in [0.1, 0.15) is 5.01 Å². The molecule has 0 unspecified atom stereocenters. The van der Waals surface area contributed by atoms with Crippen molar-refractivity contribution in [2.75, 3.05) is 0 Å². The maximum Gasteiger partial charge on any atom is 0.434 e. The van der Waals surface area contributed by atoms with E-state index >= 15 is 0 Å². The fourth-order valence-electron chi connectivity index (χ4n) is 1.73. The molecule has 1 N–H and O–H groups in total. The quantitative estimate of drug-likeness (QED) is 0.853. The Kier molecular flexibility index (Phi) is 4.91. The largest absolute Gasteiger partial charge is 0.434 e. The smallest absolute Gasteiger partial charge is 0.310 e. The summed E-state index contributed by atoms with van der Waals surface area (Å²) < 4.78 is 39.2. The second kappa shape index (κ2) is 6.34. The van der Waals surface area contributed by atoms with E-state index in [1.54, 1.807) is 24.3 Å². The molecule has 0 spiro atoms. The normalized spacial score (nSPS) is 12.1. The van der Waals surface area contributed by atoms with E-state index in [0.29, 0.717) is 15.6 Å². The van der Waals surface area contributed by atoms with Crippen molar-refractivity contribution in [3.05, 3.63) is 39.9 Å². The summed E-state index contributed by atoms with van der Waals surface area (Å²) in [5, 5.41) is 3.79. The number of halogens is 4. The Morgan fingerprint density at radius 2 is 2.05 bits per heavy atom. The van der Waals surface area contributed by atoms with E-state index in [2.05, 4.69) is 10.3 Å². The Balaban J connectivity index is 2.40. The van der Waals surface area contributed by atoms with Crippen molar-refractivity contribution < 1.29 is 13.2 Å². The third kappa shape index (κ3) is 4.18. The van der Waals surface area contributed by atoms with E-state index in [9.17, 15) is 13.2 Å². The van der Waals surface area contributed by atoms with Crippen molar-refractivity contribution >= 4 is 22.9 Å². The van der Waals surface area contributed by atoms with Gasteiger partial charge < -0.3 is 5.32 Å². The van der Waals surface area contributed by atoms with Crippen LogP contribution in [0.5, 0.6) is 0 Å². The molecule has 0 aliphatic rings. The van der Waals surface area contributed by atoms with E-state index in [1.165, 1.54) is 0 Å². The highest BCUT2D eigenvalue weighted by molar-refractivity contribution is 7.15. The molecule has 0 radical (unpaired) electrons. The number of alkyl halides is 3. The molecule has 0 aliphatic heterocycles. The van der Waals surface area contributed by atoms with Gasteiger partial charge in [-0.1, -0.05) is 37.6 Å². The van der Waals surface area contributed by atoms with Crippen molar-refractivity contribution in [2.24, 2.45) is 0 Å². The number of hydrogen-bond acceptors (Lipinski definition) is 3. The molecule has 1 aromatic heterocycles. The number of hydrogen-bond donors (Lipinski definition) is 1. The summed E-state index contributed by atoms with van der Waals surface area (Å²) in [4.78, 5) is 3.95. The Morgan fingerprint density at radius 3 is 2.62 bits per heavy atom. The molecule has 0 saturated carbocycles. The lowest BCUT2D eigenvalue weighted by Gasteiger charge is -2.09. The molecule has 114 valence electrons. The molecule has 0 saturated heterocycles. The first kappa shape index (κ1) is 16.3. The Labute approximate surface area is 130 Å². The fourth-order valence-corrected chi connectivity index (χ4v) is 2.95. The number of nitrogens with zero attached hydrogens (tertiary/aromatic N) is 1. The number of aromatic nitrogens is 1. The van der Waals surface area contributed by atoms with Crippen molar-refractivity contribution in [3.8, 4) is 10.6 Å². The zero-order chi connectivity index (χ0) is 15.6. The highest BCUT2D eigenvalue weighted by Crippen LogP contribution is 2.38. The molecule has 1 aromatic carbocycles. The van der Waals surface area contributed by atoms with Crippen LogP contribution < -0.4 is 5.32 Å². The van der Waals surface area contributed by atoms with Crippen molar-refractivity contribution in [1.82, 2.24) is 10.3 Å². The van der Waals surface area contributed by atoms with E-state index in [0.717, 1.165) is 11.3 Å². The Morgan fingerprint density at radius 1 is 1.33 bits per heavy atom. The zero-order valence-corrected chi connectivity index (χ0v) is 13.0. The Bertz CT molecular complexity index is 623. The minimum absolute atomic E-state index is 0.0998. The lowest BCUT2D eigenvalue weighted by molar-refractivity contribution is -0.141. The summed E-state index contributed by atoms with van der Waals surface area (Å²) >= 11 is 6.91. The van der Waals surface area contributed by atoms with Gasteiger partial charge in [-0.25, -0.2) is 4.98 Å². The second-order valence-electron chi connectivity index (χ2n) is 4.83. The van der Waals surface area contributed by atoms with E-state index < -0.39 is 11.9 Å². The second-order valence-corrected chi connectivity index (χ2v) is 6.35. The number of nitrogens with one attached hydrogen (secondary N) is 1. The molecule has 0 amide bonds. The highest BCUT2D eigenvalue weighted by atomic mass is 35.5. The van der Waals surface area contributed by atoms with Crippen LogP contribution in [-0.2, 0) is 12.7 Å². The van der Waals surface area contributed by atoms with E-state index in [-0.39, 0.29) is 17.5 Å². The third-order valence-corrected chi connectivity index (χ3v) is 4.05. The molecule has 1 heterocycles. The topological polar surface area (TPSA) is 24.9 Å². The molecule has 2 aromatic rings. The van der Waals surface area contributed by atoms with Crippen molar-refractivity contribution in [3.63, 3.8) is 0 Å². The summed E-state index contributed by atoms with van der Waals surface area (Å²) in [6.45, 7) is 3.91. The van der Waals surface area contributed by atoms with Gasteiger partial charge in [0.05, 0.1) is 4.88 Å². The lowest BCUT2D eigenvalue weighted by atomic mass is 10.2. The van der Waals surface area contributed by atoms with Crippen LogP contribution in [0.15, 0.2) is 24.3 Å². The Hall–Kier alpha value is -1.11. The van der Waals surface area contributed by atoms with Crippen LogP contribution in [0, 0.1) is 0 Å². The number of benzene rings is 1. The molecule has 2 rings (SSSR count). The SMILES string of the molecule is CC(C)NCc1sc(-c2cccc(Cl)c2)nc1C(F)(F)F. The van der Waals surface area contributed by atoms with Gasteiger partial charge in [0.25, 0.3) is 0 Å². The van der Waals surface area contributed by atoms with Crippen LogP contribution in [0.2, 0.25) is 5.02 Å². The first-order chi connectivity index (χ1) is 9.77. The predicted octanol–water partition coefficient (Wildman–Crippen LogP) is 4.98. The minimum atomic E-state index is -4.46. The van der Waals surface area contributed by atoms with E-state index in [1.807, 2.05) is 13.8 Å². The molecule has 21 heavy (non-hydrogen) atoms. The minimum Gasteiger partial charge on any atom is -0.310 e. The van der Waals surface area contributed by atoms with Gasteiger partial charge in [0.2, 0.25) is 0 Å². The molecule has 7 heteroatoms. The predicted molar refractivity (Wildman–Crippen MR) is 79.5 cm³/mol. The third-order valence-electron chi connectivity index (χ3n) is 2.71. The monoisotopic (exact) mass is 334 g/mol. The van der Waals surface area contributed by atoms with Crippen LogP contribution in [0.25, 0.3) is 10.6 Å². The summed E-state index contributed by atoms with van der Waals surface area (Å²) in [7, 11) is 0. The summed E-state index contributed by atoms with van der Waals surface area (Å²) in [6.07, 6.45) is -4.46. The van der Waals surface area contributed by atoms with Crippen molar-refractivity contribution in [1.29, 1.82) is 0 Å². The maximum absolute atomic E-state index is 13.1. The number of rotatable bonds is 4. The maximum atomic E-state index is 13.1. The van der Waals surface area contributed by atoms with Crippen LogP contribution in [0.4, 0.5) is 13.2 Å². The van der Waals surface area contributed by atoms with Crippen LogP contribution >= 0.6 is 22.9 Å². The molecule has 0 bridgehead atoms. The van der Waals surface area contributed by atoms with Gasteiger partial charge in [-0.05, 0) is 12.1 Å². The summed E-state index contributed by atoms with van der Waals surface area (Å²) in [6, 6.07) is 6.77. The average molecular weight is 335 g/mol. The highest BCUT2D eigenvalue weighted by Gasteiger charge is 2.37. The number of thiazole rings is 1. The van der Waals surface area contributed by atoms with Gasteiger partial charge in [-0.15, -0.1) is 11.3 Å². The molecular weight excluding hydrogens is 321 g/mol. The van der Waals surface area contributed by atoms with E-state index in [4.69, 9.17) is 11.6 Å². The molecule has 0 fully saturated rings. The fraction of sp³-hybridized carbons (Fsp3) is 0.357. The van der Waals surface area contributed by atoms with Crippen molar-refractivity contribution in [2.45, 2.75) is 32.6 Å². The van der Waals surface area contributed by atoms with Gasteiger partial charge in [0, 0.05) is 23.2 Å². The molecule has 2 nitrogen and oxygen atoms in total. The summed E-state index contributed by atoms with van der Waals surface area (Å²) in [5.74, 6) is 0. The summed E-state index contributed by atoms with van der Waals surface area (Å²) in [5.41, 5.74) is -0.232. The molecule has 0 aliphatic carbocycles. The van der Waals surface area contributed by atoms with Crippen LogP contribution in [0.1, 0.15) is 24.4 Å².